The number of hydrogen-bond acceptors (Lipinski definition) is 2. The Kier molecular flexibility index (Phi) is 17.1. The van der Waals surface area contributed by atoms with Crippen LogP contribution in [-0.4, -0.2) is 5.75 Å². The molecule has 0 nitrogen and oxygen atoms in total. The van der Waals surface area contributed by atoms with Crippen LogP contribution in [0.15, 0.2) is 22.9 Å². The summed E-state index contributed by atoms with van der Waals surface area (Å²) in [6.07, 6.45) is 14.2. The topological polar surface area (TPSA) is 0 Å². The third-order valence-corrected chi connectivity index (χ3v) is 3.88. The fraction of sp³-hybridized carbons (Fsp3) is 0.750. The van der Waals surface area contributed by atoms with Gasteiger partial charge in [0.2, 0.25) is 0 Å². The first-order valence-electron chi connectivity index (χ1n) is 7.49. The number of hydrogen-bond donors (Lipinski definition) is 1. The molecule has 0 aliphatic carbocycles. The first-order valence-corrected chi connectivity index (χ1v) is 9.07. The summed E-state index contributed by atoms with van der Waals surface area (Å²) in [4.78, 5) is 0. The lowest BCUT2D eigenvalue weighted by molar-refractivity contribution is 0.563. The average molecular weight is 287 g/mol. The standard InChI is InChI=1S/C12H26S.C4H4S/c1-2-3-4-5-6-7-8-9-10-11-12-13;1-2-4-5-3-1/h13H,2-12H2,1H3;1-4H. The van der Waals surface area contributed by atoms with E-state index in [4.69, 9.17) is 0 Å². The van der Waals surface area contributed by atoms with Gasteiger partial charge >= 0.3 is 0 Å². The highest BCUT2D eigenvalue weighted by molar-refractivity contribution is 7.80. The Morgan fingerprint density at radius 3 is 1.50 bits per heavy atom. The molecule has 0 aliphatic heterocycles. The van der Waals surface area contributed by atoms with E-state index in [-0.39, 0.29) is 0 Å². The summed E-state index contributed by atoms with van der Waals surface area (Å²) in [5, 5.41) is 4.08. The summed E-state index contributed by atoms with van der Waals surface area (Å²) < 4.78 is 0. The summed E-state index contributed by atoms with van der Waals surface area (Å²) in [5.74, 6) is 1.07. The second-order valence-corrected chi connectivity index (χ2v) is 5.96. The fourth-order valence-corrected chi connectivity index (χ4v) is 2.50. The minimum atomic E-state index is 1.07. The van der Waals surface area contributed by atoms with Gasteiger partial charge in [-0.3, -0.25) is 0 Å². The van der Waals surface area contributed by atoms with E-state index in [2.05, 4.69) is 19.6 Å². The summed E-state index contributed by atoms with van der Waals surface area (Å²) in [6, 6.07) is 4.04. The molecule has 0 saturated heterocycles. The minimum Gasteiger partial charge on any atom is -0.179 e. The van der Waals surface area contributed by atoms with Crippen LogP contribution in [0.4, 0.5) is 0 Å². The highest BCUT2D eigenvalue weighted by atomic mass is 32.1. The Hall–Kier alpha value is 0.0500. The van der Waals surface area contributed by atoms with Crippen molar-refractivity contribution < 1.29 is 0 Å². The van der Waals surface area contributed by atoms with E-state index in [9.17, 15) is 0 Å². The van der Waals surface area contributed by atoms with Gasteiger partial charge in [0.1, 0.15) is 0 Å². The zero-order valence-electron chi connectivity index (χ0n) is 11.9. The molecule has 0 aromatic carbocycles. The molecule has 0 aliphatic rings. The number of thiophene rings is 1. The summed E-state index contributed by atoms with van der Waals surface area (Å²) in [5.41, 5.74) is 0. The van der Waals surface area contributed by atoms with Gasteiger partial charge in [-0.1, -0.05) is 76.8 Å². The van der Waals surface area contributed by atoms with E-state index in [0.29, 0.717) is 0 Å². The lowest BCUT2D eigenvalue weighted by Gasteiger charge is -2.00. The summed E-state index contributed by atoms with van der Waals surface area (Å²) in [7, 11) is 0. The van der Waals surface area contributed by atoms with Gasteiger partial charge in [0, 0.05) is 0 Å². The van der Waals surface area contributed by atoms with Gasteiger partial charge < -0.3 is 0 Å². The molecule has 1 aromatic heterocycles. The third-order valence-electron chi connectivity index (χ3n) is 2.94. The predicted octanol–water partition coefficient (Wildman–Crippen LogP) is 6.59. The van der Waals surface area contributed by atoms with Crippen molar-refractivity contribution in [3.8, 4) is 0 Å². The van der Waals surface area contributed by atoms with Crippen LogP contribution in [0.2, 0.25) is 0 Å². The first-order chi connectivity index (χ1) is 8.91. The molecule has 1 aromatic rings. The Labute approximate surface area is 124 Å². The second kappa shape index (κ2) is 17.1. The van der Waals surface area contributed by atoms with Crippen molar-refractivity contribution in [2.24, 2.45) is 0 Å². The molecule has 0 bridgehead atoms. The lowest BCUT2D eigenvalue weighted by Crippen LogP contribution is -1.81. The van der Waals surface area contributed by atoms with Crippen molar-refractivity contribution in [1.82, 2.24) is 0 Å². The van der Waals surface area contributed by atoms with E-state index >= 15 is 0 Å². The zero-order valence-corrected chi connectivity index (χ0v) is 13.7. The van der Waals surface area contributed by atoms with Gasteiger partial charge in [-0.25, -0.2) is 0 Å². The Bertz CT molecular complexity index is 180. The molecule has 18 heavy (non-hydrogen) atoms. The molecule has 2 heteroatoms. The molecule has 0 saturated carbocycles. The average Bonchev–Trinajstić information content (AvgIpc) is 2.96. The Morgan fingerprint density at radius 1 is 0.722 bits per heavy atom. The Morgan fingerprint density at radius 2 is 1.17 bits per heavy atom. The van der Waals surface area contributed by atoms with E-state index in [0.717, 1.165) is 5.75 Å². The van der Waals surface area contributed by atoms with Crippen LogP contribution in [0.1, 0.15) is 71.1 Å². The molecule has 0 atom stereocenters. The summed E-state index contributed by atoms with van der Waals surface area (Å²) >= 11 is 5.92. The van der Waals surface area contributed by atoms with E-state index in [1.165, 1.54) is 64.2 Å². The van der Waals surface area contributed by atoms with E-state index < -0.39 is 0 Å². The normalized spacial score (nSPS) is 9.89. The number of thiol groups is 1. The molecule has 0 spiro atoms. The fourth-order valence-electron chi connectivity index (χ4n) is 1.83. The largest absolute Gasteiger partial charge is 0.179 e. The van der Waals surface area contributed by atoms with Crippen LogP contribution < -0.4 is 0 Å². The zero-order chi connectivity index (χ0) is 13.3. The van der Waals surface area contributed by atoms with Crippen LogP contribution in [0.5, 0.6) is 0 Å². The van der Waals surface area contributed by atoms with Gasteiger partial charge in [-0.2, -0.15) is 24.0 Å². The van der Waals surface area contributed by atoms with Crippen LogP contribution >= 0.6 is 24.0 Å². The van der Waals surface area contributed by atoms with E-state index in [1.54, 1.807) is 11.3 Å². The van der Waals surface area contributed by atoms with Crippen molar-refractivity contribution >= 4 is 24.0 Å². The number of rotatable bonds is 10. The lowest BCUT2D eigenvalue weighted by atomic mass is 10.1. The maximum absolute atomic E-state index is 4.20. The minimum absolute atomic E-state index is 1.07. The van der Waals surface area contributed by atoms with Crippen molar-refractivity contribution in [3.05, 3.63) is 22.9 Å². The second-order valence-electron chi connectivity index (χ2n) is 4.70. The van der Waals surface area contributed by atoms with Gasteiger partial charge in [-0.05, 0) is 22.9 Å². The molecule has 0 radical (unpaired) electrons. The molecule has 0 amide bonds. The van der Waals surface area contributed by atoms with Gasteiger partial charge in [0.05, 0.1) is 0 Å². The first kappa shape index (κ1) is 18.0. The SMILES string of the molecule is CCCCCCCCCCCCS.c1ccsc1. The maximum atomic E-state index is 4.20. The maximum Gasteiger partial charge on any atom is -0.00934 e. The summed E-state index contributed by atoms with van der Waals surface area (Å²) in [6.45, 7) is 2.28. The molecule has 0 fully saturated rings. The van der Waals surface area contributed by atoms with Gasteiger partial charge in [-0.15, -0.1) is 0 Å². The highest BCUT2D eigenvalue weighted by Crippen LogP contribution is 2.10. The molecular weight excluding hydrogens is 256 g/mol. The van der Waals surface area contributed by atoms with Gasteiger partial charge in [0.25, 0.3) is 0 Å². The van der Waals surface area contributed by atoms with Crippen LogP contribution in [0.3, 0.4) is 0 Å². The van der Waals surface area contributed by atoms with E-state index in [1.807, 2.05) is 22.9 Å². The van der Waals surface area contributed by atoms with Crippen LogP contribution in [0, 0.1) is 0 Å². The molecule has 1 rings (SSSR count). The van der Waals surface area contributed by atoms with Crippen LogP contribution in [-0.2, 0) is 0 Å². The molecule has 0 unspecified atom stereocenters. The Balaban J connectivity index is 0.000000473. The molecule has 1 heterocycles. The number of unbranched alkanes of at least 4 members (excludes halogenated alkanes) is 9. The molecular formula is C16H30S2. The van der Waals surface area contributed by atoms with Crippen molar-refractivity contribution in [2.45, 2.75) is 71.1 Å². The molecule has 106 valence electrons. The van der Waals surface area contributed by atoms with Crippen molar-refractivity contribution in [1.29, 1.82) is 0 Å². The molecule has 0 N–H and O–H groups in total. The highest BCUT2D eigenvalue weighted by Gasteiger charge is 1.91. The van der Waals surface area contributed by atoms with Crippen molar-refractivity contribution in [2.75, 3.05) is 5.75 Å². The van der Waals surface area contributed by atoms with Crippen molar-refractivity contribution in [3.63, 3.8) is 0 Å². The van der Waals surface area contributed by atoms with Crippen LogP contribution in [0.25, 0.3) is 0 Å². The monoisotopic (exact) mass is 286 g/mol. The predicted molar refractivity (Wildman–Crippen MR) is 90.0 cm³/mol. The third kappa shape index (κ3) is 16.1. The quantitative estimate of drug-likeness (QED) is 0.364. The van der Waals surface area contributed by atoms with Gasteiger partial charge in [0.15, 0.2) is 0 Å². The smallest absolute Gasteiger partial charge is 0.00934 e.